The third-order valence-electron chi connectivity index (χ3n) is 1.64. The molecular formula is C6H8N4. The Bertz CT molecular complexity index is 325. The van der Waals surface area contributed by atoms with Crippen molar-refractivity contribution in [3.8, 4) is 0 Å². The average molecular weight is 136 g/mol. The molecule has 0 atom stereocenters. The van der Waals surface area contributed by atoms with Gasteiger partial charge in [-0.15, -0.1) is 0 Å². The average Bonchev–Trinajstić information content (AvgIpc) is 2.40. The Morgan fingerprint density at radius 3 is 2.60 bits per heavy atom. The van der Waals surface area contributed by atoms with Crippen molar-refractivity contribution in [3.05, 3.63) is 11.4 Å². The maximum absolute atomic E-state index is 4.01. The lowest BCUT2D eigenvalue weighted by molar-refractivity contribution is 0.994. The molecule has 0 aromatic carbocycles. The van der Waals surface area contributed by atoms with E-state index in [4.69, 9.17) is 0 Å². The van der Waals surface area contributed by atoms with Gasteiger partial charge in [-0.2, -0.15) is 10.2 Å². The molecule has 0 aliphatic heterocycles. The Hall–Kier alpha value is -1.32. The van der Waals surface area contributed by atoms with Crippen LogP contribution in [0, 0.1) is 13.8 Å². The summed E-state index contributed by atoms with van der Waals surface area (Å²) in [6.07, 6.45) is 0. The van der Waals surface area contributed by atoms with Crippen LogP contribution >= 0.6 is 0 Å². The summed E-state index contributed by atoms with van der Waals surface area (Å²) < 4.78 is 0. The quantitative estimate of drug-likeness (QED) is 0.565. The summed E-state index contributed by atoms with van der Waals surface area (Å²) in [6.45, 7) is 3.94. The van der Waals surface area contributed by atoms with Crippen LogP contribution in [0.15, 0.2) is 0 Å². The van der Waals surface area contributed by atoms with Crippen molar-refractivity contribution in [1.82, 2.24) is 20.4 Å². The summed E-state index contributed by atoms with van der Waals surface area (Å²) >= 11 is 0. The standard InChI is InChI=1S/C6H8N4/c1-3-5-4(2)8-10-6(5)9-7-3/h1-2H3,(H2,7,8,9,10). The lowest BCUT2D eigenvalue weighted by Crippen LogP contribution is -1.76. The van der Waals surface area contributed by atoms with Gasteiger partial charge in [0.05, 0.1) is 11.1 Å². The number of aromatic amines is 2. The molecular weight excluding hydrogens is 128 g/mol. The molecule has 0 saturated carbocycles. The first kappa shape index (κ1) is 5.46. The maximum atomic E-state index is 4.01. The van der Waals surface area contributed by atoms with E-state index in [1.54, 1.807) is 0 Å². The second-order valence-corrected chi connectivity index (χ2v) is 2.38. The number of fused-ring (bicyclic) bond motifs is 1. The first-order chi connectivity index (χ1) is 4.79. The fraction of sp³-hybridized carbons (Fsp3) is 0.333. The lowest BCUT2D eigenvalue weighted by atomic mass is 10.3. The molecule has 2 N–H and O–H groups in total. The zero-order valence-corrected chi connectivity index (χ0v) is 5.89. The summed E-state index contributed by atoms with van der Waals surface area (Å²) in [6, 6.07) is 0. The molecule has 10 heavy (non-hydrogen) atoms. The highest BCUT2D eigenvalue weighted by molar-refractivity contribution is 5.79. The van der Waals surface area contributed by atoms with Gasteiger partial charge in [0.15, 0.2) is 5.65 Å². The number of nitrogens with one attached hydrogen (secondary N) is 2. The van der Waals surface area contributed by atoms with E-state index in [1.165, 1.54) is 0 Å². The fourth-order valence-electron chi connectivity index (χ4n) is 1.15. The van der Waals surface area contributed by atoms with Gasteiger partial charge < -0.3 is 0 Å². The number of nitrogens with zero attached hydrogens (tertiary/aromatic N) is 2. The van der Waals surface area contributed by atoms with Gasteiger partial charge in [-0.05, 0) is 13.8 Å². The molecule has 4 heteroatoms. The van der Waals surface area contributed by atoms with Crippen LogP contribution in [0.2, 0.25) is 0 Å². The fourth-order valence-corrected chi connectivity index (χ4v) is 1.15. The lowest BCUT2D eigenvalue weighted by Gasteiger charge is -1.81. The van der Waals surface area contributed by atoms with Crippen LogP contribution in [0.5, 0.6) is 0 Å². The van der Waals surface area contributed by atoms with Crippen LogP contribution < -0.4 is 0 Å². The van der Waals surface area contributed by atoms with Gasteiger partial charge in [-0.25, -0.2) is 0 Å². The molecule has 0 spiro atoms. The van der Waals surface area contributed by atoms with Crippen molar-refractivity contribution in [2.75, 3.05) is 0 Å². The number of aromatic nitrogens is 4. The van der Waals surface area contributed by atoms with Crippen LogP contribution in [0.4, 0.5) is 0 Å². The van der Waals surface area contributed by atoms with Crippen molar-refractivity contribution >= 4 is 11.0 Å². The van der Waals surface area contributed by atoms with Gasteiger partial charge in [0.25, 0.3) is 0 Å². The van der Waals surface area contributed by atoms with Gasteiger partial charge in [0.1, 0.15) is 0 Å². The Morgan fingerprint density at radius 1 is 1.10 bits per heavy atom. The van der Waals surface area contributed by atoms with Gasteiger partial charge in [-0.3, -0.25) is 10.2 Å². The number of hydrogen-bond acceptors (Lipinski definition) is 2. The monoisotopic (exact) mass is 136 g/mol. The molecule has 0 saturated heterocycles. The van der Waals surface area contributed by atoms with Crippen molar-refractivity contribution in [2.45, 2.75) is 13.8 Å². The van der Waals surface area contributed by atoms with E-state index in [1.807, 2.05) is 13.8 Å². The summed E-state index contributed by atoms with van der Waals surface area (Å²) in [7, 11) is 0. The molecule has 2 heterocycles. The molecule has 0 aliphatic rings. The Morgan fingerprint density at radius 2 is 1.90 bits per heavy atom. The first-order valence-electron chi connectivity index (χ1n) is 3.14. The van der Waals surface area contributed by atoms with Crippen LogP contribution in [-0.2, 0) is 0 Å². The van der Waals surface area contributed by atoms with Crippen LogP contribution in [0.25, 0.3) is 11.0 Å². The predicted octanol–water partition coefficient (Wildman–Crippen LogP) is 0.903. The molecule has 2 rings (SSSR count). The second kappa shape index (κ2) is 1.59. The van der Waals surface area contributed by atoms with Crippen molar-refractivity contribution in [2.24, 2.45) is 0 Å². The molecule has 0 unspecified atom stereocenters. The number of aryl methyl sites for hydroxylation is 2. The van der Waals surface area contributed by atoms with Gasteiger partial charge in [-0.1, -0.05) is 0 Å². The van der Waals surface area contributed by atoms with E-state index >= 15 is 0 Å². The van der Waals surface area contributed by atoms with Crippen molar-refractivity contribution in [3.63, 3.8) is 0 Å². The molecule has 52 valence electrons. The third-order valence-corrected chi connectivity index (χ3v) is 1.64. The van der Waals surface area contributed by atoms with E-state index in [-0.39, 0.29) is 0 Å². The van der Waals surface area contributed by atoms with E-state index in [0.29, 0.717) is 0 Å². The van der Waals surface area contributed by atoms with E-state index < -0.39 is 0 Å². The molecule has 0 fully saturated rings. The Kier molecular flexibility index (Phi) is 0.869. The second-order valence-electron chi connectivity index (χ2n) is 2.38. The van der Waals surface area contributed by atoms with Crippen molar-refractivity contribution in [1.29, 1.82) is 0 Å². The molecule has 0 aliphatic carbocycles. The SMILES string of the molecule is Cc1n[nH]c2n[nH]c(C)c12. The van der Waals surface area contributed by atoms with E-state index in [0.717, 1.165) is 22.4 Å². The van der Waals surface area contributed by atoms with Gasteiger partial charge in [0, 0.05) is 5.69 Å². The maximum Gasteiger partial charge on any atom is 0.177 e. The predicted molar refractivity (Wildman–Crippen MR) is 37.7 cm³/mol. The minimum atomic E-state index is 0.843. The van der Waals surface area contributed by atoms with E-state index in [2.05, 4.69) is 20.4 Å². The highest BCUT2D eigenvalue weighted by Gasteiger charge is 2.05. The van der Waals surface area contributed by atoms with Crippen molar-refractivity contribution < 1.29 is 0 Å². The topological polar surface area (TPSA) is 57.4 Å². The highest BCUT2D eigenvalue weighted by Crippen LogP contribution is 2.14. The molecule has 0 amide bonds. The largest absolute Gasteiger partial charge is 0.280 e. The zero-order valence-electron chi connectivity index (χ0n) is 5.89. The molecule has 2 aromatic heterocycles. The Labute approximate surface area is 57.6 Å². The summed E-state index contributed by atoms with van der Waals surface area (Å²) in [5, 5.41) is 14.8. The molecule has 4 nitrogen and oxygen atoms in total. The van der Waals surface area contributed by atoms with Crippen LogP contribution in [0.3, 0.4) is 0 Å². The zero-order chi connectivity index (χ0) is 7.14. The molecule has 2 aromatic rings. The first-order valence-corrected chi connectivity index (χ1v) is 3.14. The summed E-state index contributed by atoms with van der Waals surface area (Å²) in [5.41, 5.74) is 2.91. The summed E-state index contributed by atoms with van der Waals surface area (Å²) in [5.74, 6) is 0. The van der Waals surface area contributed by atoms with E-state index in [9.17, 15) is 0 Å². The number of rotatable bonds is 0. The van der Waals surface area contributed by atoms with Crippen LogP contribution in [-0.4, -0.2) is 20.4 Å². The molecule has 0 bridgehead atoms. The van der Waals surface area contributed by atoms with Gasteiger partial charge in [0.2, 0.25) is 0 Å². The minimum Gasteiger partial charge on any atom is -0.280 e. The normalized spacial score (nSPS) is 11.0. The highest BCUT2D eigenvalue weighted by atomic mass is 15.2. The van der Waals surface area contributed by atoms with Gasteiger partial charge >= 0.3 is 0 Å². The smallest absolute Gasteiger partial charge is 0.177 e. The summed E-state index contributed by atoms with van der Waals surface area (Å²) in [4.78, 5) is 0. The number of H-pyrrole nitrogens is 2. The minimum absolute atomic E-state index is 0.843. The van der Waals surface area contributed by atoms with Crippen LogP contribution in [0.1, 0.15) is 11.4 Å². The third kappa shape index (κ3) is 0.504. The number of hydrogen-bond donors (Lipinski definition) is 2. The molecule has 0 radical (unpaired) electrons. The Balaban J connectivity index is 2.98.